The fraction of sp³-hybridized carbons (Fsp3) is 0.364. The van der Waals surface area contributed by atoms with Crippen molar-refractivity contribution in [3.05, 3.63) is 76.3 Å². The lowest BCUT2D eigenvalue weighted by Crippen LogP contribution is -2.44. The molecule has 0 fully saturated rings. The number of rotatable bonds is 7. The summed E-state index contributed by atoms with van der Waals surface area (Å²) in [4.78, 5) is 2.11. The van der Waals surface area contributed by atoms with Gasteiger partial charge in [0.15, 0.2) is 0 Å². The second-order valence-corrected chi connectivity index (χ2v) is 7.50. The van der Waals surface area contributed by atoms with Crippen LogP contribution in [0.15, 0.2) is 60.2 Å². The fourth-order valence-corrected chi connectivity index (χ4v) is 3.46. The van der Waals surface area contributed by atoms with Gasteiger partial charge in [-0.15, -0.1) is 0 Å². The van der Waals surface area contributed by atoms with Crippen molar-refractivity contribution in [2.75, 3.05) is 20.6 Å². The Hall–Kier alpha value is -1.61. The van der Waals surface area contributed by atoms with Crippen LogP contribution >= 0.6 is 11.6 Å². The van der Waals surface area contributed by atoms with Crippen molar-refractivity contribution in [1.82, 2.24) is 4.90 Å². The monoisotopic (exact) mass is 357 g/mol. The van der Waals surface area contributed by atoms with Crippen LogP contribution in [-0.2, 0) is 6.42 Å². The van der Waals surface area contributed by atoms with E-state index in [0.29, 0.717) is 11.4 Å². The molecule has 1 N–H and O–H groups in total. The summed E-state index contributed by atoms with van der Waals surface area (Å²) in [5.41, 5.74) is 2.05. The normalized spacial score (nSPS) is 15.9. The second kappa shape index (κ2) is 8.66. The molecule has 0 aliphatic carbocycles. The van der Waals surface area contributed by atoms with E-state index in [2.05, 4.69) is 30.0 Å². The quantitative estimate of drug-likeness (QED) is 0.760. The van der Waals surface area contributed by atoms with Gasteiger partial charge in [0.05, 0.1) is 5.60 Å². The Morgan fingerprint density at radius 1 is 1.12 bits per heavy atom. The number of hydrogen-bond donors (Lipinski definition) is 1. The Balaban J connectivity index is 2.41. The zero-order chi connectivity index (χ0) is 18.4. The molecular weight excluding hydrogens is 330 g/mol. The SMILES string of the molecule is C/C(=C/c1ccccc1)C(O)(Cc1ccccc1Cl)C(C)CN(C)C. The van der Waals surface area contributed by atoms with Gasteiger partial charge < -0.3 is 10.0 Å². The Labute approximate surface area is 156 Å². The van der Waals surface area contributed by atoms with Crippen molar-refractivity contribution in [2.24, 2.45) is 5.92 Å². The number of halogens is 1. The first-order valence-corrected chi connectivity index (χ1v) is 9.05. The van der Waals surface area contributed by atoms with E-state index < -0.39 is 5.60 Å². The molecule has 2 nitrogen and oxygen atoms in total. The molecule has 0 aliphatic rings. The molecule has 25 heavy (non-hydrogen) atoms. The molecule has 0 radical (unpaired) electrons. The van der Waals surface area contributed by atoms with Gasteiger partial charge in [-0.2, -0.15) is 0 Å². The third kappa shape index (κ3) is 5.18. The number of nitrogens with zero attached hydrogens (tertiary/aromatic N) is 1. The molecule has 0 aromatic heterocycles. The van der Waals surface area contributed by atoms with Crippen molar-refractivity contribution in [3.8, 4) is 0 Å². The molecule has 0 aliphatic heterocycles. The van der Waals surface area contributed by atoms with E-state index in [0.717, 1.165) is 23.2 Å². The highest BCUT2D eigenvalue weighted by Crippen LogP contribution is 2.33. The molecule has 2 aromatic carbocycles. The van der Waals surface area contributed by atoms with E-state index in [1.165, 1.54) is 0 Å². The Kier molecular flexibility index (Phi) is 6.83. The Bertz CT molecular complexity index is 711. The predicted molar refractivity (Wildman–Crippen MR) is 108 cm³/mol. The highest BCUT2D eigenvalue weighted by atomic mass is 35.5. The van der Waals surface area contributed by atoms with Crippen molar-refractivity contribution >= 4 is 17.7 Å². The number of aliphatic hydroxyl groups is 1. The van der Waals surface area contributed by atoms with Gasteiger partial charge in [-0.3, -0.25) is 0 Å². The van der Waals surface area contributed by atoms with E-state index in [4.69, 9.17) is 11.6 Å². The molecule has 2 atom stereocenters. The summed E-state index contributed by atoms with van der Waals surface area (Å²) < 4.78 is 0. The first kappa shape index (κ1) is 19.7. The van der Waals surface area contributed by atoms with Gasteiger partial charge >= 0.3 is 0 Å². The lowest BCUT2D eigenvalue weighted by molar-refractivity contribution is 0.0150. The van der Waals surface area contributed by atoms with E-state index in [1.807, 2.05) is 63.5 Å². The molecule has 2 unspecified atom stereocenters. The molecule has 0 saturated carbocycles. The topological polar surface area (TPSA) is 23.5 Å². The van der Waals surface area contributed by atoms with Crippen LogP contribution in [0.2, 0.25) is 5.02 Å². The zero-order valence-electron chi connectivity index (χ0n) is 15.5. The van der Waals surface area contributed by atoms with Crippen LogP contribution in [0.4, 0.5) is 0 Å². The predicted octanol–water partition coefficient (Wildman–Crippen LogP) is 4.91. The van der Waals surface area contributed by atoms with E-state index >= 15 is 0 Å². The summed E-state index contributed by atoms with van der Waals surface area (Å²) in [6.07, 6.45) is 2.57. The van der Waals surface area contributed by atoms with Crippen LogP contribution < -0.4 is 0 Å². The number of hydrogen-bond acceptors (Lipinski definition) is 2. The lowest BCUT2D eigenvalue weighted by Gasteiger charge is -2.37. The second-order valence-electron chi connectivity index (χ2n) is 7.09. The summed E-state index contributed by atoms with van der Waals surface area (Å²) >= 11 is 6.36. The molecule has 0 heterocycles. The molecule has 0 spiro atoms. The fourth-order valence-electron chi connectivity index (χ4n) is 3.26. The van der Waals surface area contributed by atoms with Gasteiger partial charge in [-0.05, 0) is 43.8 Å². The minimum absolute atomic E-state index is 0.0544. The van der Waals surface area contributed by atoms with Crippen molar-refractivity contribution in [2.45, 2.75) is 25.9 Å². The van der Waals surface area contributed by atoms with Crippen LogP contribution in [0.25, 0.3) is 6.08 Å². The van der Waals surface area contributed by atoms with Crippen molar-refractivity contribution in [3.63, 3.8) is 0 Å². The molecule has 134 valence electrons. The third-order valence-corrected chi connectivity index (χ3v) is 5.11. The molecule has 0 bridgehead atoms. The average molecular weight is 358 g/mol. The summed E-state index contributed by atoms with van der Waals surface area (Å²) in [6, 6.07) is 17.9. The van der Waals surface area contributed by atoms with Gasteiger partial charge in [0, 0.05) is 23.9 Å². The standard InChI is InChI=1S/C22H28ClNO/c1-17(14-19-10-6-5-7-11-19)22(25,18(2)16-24(3)4)15-20-12-8-9-13-21(20)23/h5-14,18,25H,15-16H2,1-4H3/b17-14-. The van der Waals surface area contributed by atoms with Crippen LogP contribution in [0.1, 0.15) is 25.0 Å². The maximum atomic E-state index is 11.7. The summed E-state index contributed by atoms with van der Waals surface area (Å²) in [6.45, 7) is 4.90. The molecule has 0 amide bonds. The van der Waals surface area contributed by atoms with E-state index in [9.17, 15) is 5.11 Å². The molecule has 2 aromatic rings. The van der Waals surface area contributed by atoms with Crippen LogP contribution in [-0.4, -0.2) is 36.2 Å². The first-order valence-electron chi connectivity index (χ1n) is 8.67. The summed E-state index contributed by atoms with van der Waals surface area (Å²) in [7, 11) is 4.06. The van der Waals surface area contributed by atoms with Crippen LogP contribution in [0.3, 0.4) is 0 Å². The number of benzene rings is 2. The van der Waals surface area contributed by atoms with Crippen LogP contribution in [0, 0.1) is 5.92 Å². The van der Waals surface area contributed by atoms with Crippen molar-refractivity contribution in [1.29, 1.82) is 0 Å². The third-order valence-electron chi connectivity index (χ3n) is 4.74. The average Bonchev–Trinajstić information content (AvgIpc) is 2.57. The molecular formula is C22H28ClNO. The maximum absolute atomic E-state index is 11.7. The smallest absolute Gasteiger partial charge is 0.0935 e. The zero-order valence-corrected chi connectivity index (χ0v) is 16.3. The van der Waals surface area contributed by atoms with Gasteiger partial charge in [0.2, 0.25) is 0 Å². The molecule has 0 saturated heterocycles. The van der Waals surface area contributed by atoms with E-state index in [-0.39, 0.29) is 5.92 Å². The van der Waals surface area contributed by atoms with Crippen molar-refractivity contribution < 1.29 is 5.11 Å². The maximum Gasteiger partial charge on any atom is 0.0935 e. The van der Waals surface area contributed by atoms with Gasteiger partial charge in [-0.1, -0.05) is 73.1 Å². The van der Waals surface area contributed by atoms with Crippen LogP contribution in [0.5, 0.6) is 0 Å². The summed E-state index contributed by atoms with van der Waals surface area (Å²) in [5, 5.41) is 12.4. The highest BCUT2D eigenvalue weighted by molar-refractivity contribution is 6.31. The molecule has 3 heteroatoms. The highest BCUT2D eigenvalue weighted by Gasteiger charge is 2.36. The van der Waals surface area contributed by atoms with Gasteiger partial charge in [0.25, 0.3) is 0 Å². The summed E-state index contributed by atoms with van der Waals surface area (Å²) in [5.74, 6) is 0.0544. The lowest BCUT2D eigenvalue weighted by atomic mass is 9.77. The molecule has 2 rings (SSSR count). The minimum Gasteiger partial charge on any atom is -0.385 e. The van der Waals surface area contributed by atoms with Gasteiger partial charge in [0.1, 0.15) is 0 Å². The van der Waals surface area contributed by atoms with E-state index in [1.54, 1.807) is 0 Å². The Morgan fingerprint density at radius 2 is 1.72 bits per heavy atom. The largest absolute Gasteiger partial charge is 0.385 e. The first-order chi connectivity index (χ1) is 11.8. The Morgan fingerprint density at radius 3 is 2.32 bits per heavy atom. The minimum atomic E-state index is -0.967. The van der Waals surface area contributed by atoms with Gasteiger partial charge in [-0.25, -0.2) is 0 Å².